The van der Waals surface area contributed by atoms with Crippen LogP contribution in [0.1, 0.15) is 88.4 Å². The average Bonchev–Trinajstić information content (AvgIpc) is 2.78. The fourth-order valence-corrected chi connectivity index (χ4v) is 3.03. The number of unbranched alkanes of at least 4 members (excludes halogenated alkanes) is 7. The molecule has 31 heavy (non-hydrogen) atoms. The van der Waals surface area contributed by atoms with Crippen molar-refractivity contribution in [3.63, 3.8) is 0 Å². The summed E-state index contributed by atoms with van der Waals surface area (Å²) in [7, 11) is 0. The van der Waals surface area contributed by atoms with Crippen LogP contribution >= 0.6 is 0 Å². The molecule has 0 fully saturated rings. The van der Waals surface area contributed by atoms with Gasteiger partial charge in [-0.1, -0.05) is 58.8 Å². The molecule has 0 aliphatic heterocycles. The fourth-order valence-electron chi connectivity index (χ4n) is 3.03. The molecule has 176 valence electrons. The summed E-state index contributed by atoms with van der Waals surface area (Å²) in [4.78, 5) is 23.7. The van der Waals surface area contributed by atoms with Crippen LogP contribution < -0.4 is 5.32 Å². The van der Waals surface area contributed by atoms with Crippen LogP contribution in [0.3, 0.4) is 0 Å². The Balaban J connectivity index is 1.98. The second-order valence-electron chi connectivity index (χ2n) is 7.70. The van der Waals surface area contributed by atoms with E-state index in [0.29, 0.717) is 18.6 Å². The molecule has 0 radical (unpaired) electrons. The standard InChI is InChI=1S/C25H41NO5/c1-3-5-7-8-9-10-11-12-24(27)30-20-18-29-19-21-31-25(28)22-13-15-23(16-14-22)26-17-6-4-2/h13-16,26H,3-12,17-21H2,1-2H3. The lowest BCUT2D eigenvalue weighted by Gasteiger charge is -2.08. The molecule has 0 atom stereocenters. The number of anilines is 1. The summed E-state index contributed by atoms with van der Waals surface area (Å²) in [5.74, 6) is -0.541. The lowest BCUT2D eigenvalue weighted by molar-refractivity contribution is -0.145. The number of rotatable bonds is 19. The summed E-state index contributed by atoms with van der Waals surface area (Å²) in [5, 5.41) is 3.31. The number of hydrogen-bond donors (Lipinski definition) is 1. The fraction of sp³-hybridized carbons (Fsp3) is 0.680. The summed E-state index contributed by atoms with van der Waals surface area (Å²) < 4.78 is 15.7. The Labute approximate surface area is 188 Å². The molecule has 0 spiro atoms. The van der Waals surface area contributed by atoms with E-state index < -0.39 is 0 Å². The monoisotopic (exact) mass is 435 g/mol. The van der Waals surface area contributed by atoms with Crippen LogP contribution in [0.25, 0.3) is 0 Å². The zero-order valence-corrected chi connectivity index (χ0v) is 19.5. The average molecular weight is 436 g/mol. The molecule has 0 aliphatic carbocycles. The molecular weight excluding hydrogens is 394 g/mol. The Morgan fingerprint density at radius 1 is 0.742 bits per heavy atom. The van der Waals surface area contributed by atoms with Crippen molar-refractivity contribution in [1.29, 1.82) is 0 Å². The molecule has 0 unspecified atom stereocenters. The summed E-state index contributed by atoms with van der Waals surface area (Å²) >= 11 is 0. The predicted octanol–water partition coefficient (Wildman–Crippen LogP) is 5.76. The van der Waals surface area contributed by atoms with Crippen molar-refractivity contribution in [2.45, 2.75) is 78.1 Å². The number of ether oxygens (including phenoxy) is 3. The van der Waals surface area contributed by atoms with E-state index in [0.717, 1.165) is 37.9 Å². The first-order valence-corrected chi connectivity index (χ1v) is 11.9. The van der Waals surface area contributed by atoms with E-state index in [-0.39, 0.29) is 31.8 Å². The maximum absolute atomic E-state index is 12.0. The topological polar surface area (TPSA) is 73.9 Å². The van der Waals surface area contributed by atoms with Gasteiger partial charge in [-0.25, -0.2) is 4.79 Å². The molecule has 6 nitrogen and oxygen atoms in total. The molecule has 0 saturated heterocycles. The minimum atomic E-state index is -0.371. The number of esters is 2. The maximum atomic E-state index is 12.0. The first-order chi connectivity index (χ1) is 15.2. The minimum absolute atomic E-state index is 0.168. The van der Waals surface area contributed by atoms with E-state index in [1.165, 1.54) is 32.1 Å². The number of benzene rings is 1. The van der Waals surface area contributed by atoms with Crippen LogP contribution in [0.2, 0.25) is 0 Å². The molecule has 0 aliphatic rings. The van der Waals surface area contributed by atoms with Crippen molar-refractivity contribution in [3.8, 4) is 0 Å². The van der Waals surface area contributed by atoms with E-state index in [9.17, 15) is 9.59 Å². The SMILES string of the molecule is CCCCCCCCCC(=O)OCCOCCOC(=O)c1ccc(NCCCC)cc1. The molecule has 1 aromatic rings. The van der Waals surface area contributed by atoms with Gasteiger partial charge in [-0.15, -0.1) is 0 Å². The normalized spacial score (nSPS) is 10.6. The van der Waals surface area contributed by atoms with E-state index in [1.54, 1.807) is 12.1 Å². The van der Waals surface area contributed by atoms with Crippen molar-refractivity contribution in [2.24, 2.45) is 0 Å². The highest BCUT2D eigenvalue weighted by molar-refractivity contribution is 5.89. The molecular formula is C25H41NO5. The molecule has 0 bridgehead atoms. The third-order valence-corrected chi connectivity index (χ3v) is 4.92. The summed E-state index contributed by atoms with van der Waals surface area (Å²) in [6.07, 6.45) is 11.0. The van der Waals surface area contributed by atoms with Gasteiger partial charge < -0.3 is 19.5 Å². The largest absolute Gasteiger partial charge is 0.463 e. The van der Waals surface area contributed by atoms with Gasteiger partial charge in [0.05, 0.1) is 18.8 Å². The van der Waals surface area contributed by atoms with Gasteiger partial charge in [0.2, 0.25) is 0 Å². The lowest BCUT2D eigenvalue weighted by atomic mass is 10.1. The van der Waals surface area contributed by atoms with Crippen molar-refractivity contribution in [3.05, 3.63) is 29.8 Å². The molecule has 0 aromatic heterocycles. The highest BCUT2D eigenvalue weighted by Gasteiger charge is 2.07. The van der Waals surface area contributed by atoms with Crippen LogP contribution in [0.5, 0.6) is 0 Å². The van der Waals surface area contributed by atoms with E-state index >= 15 is 0 Å². The second kappa shape index (κ2) is 18.7. The van der Waals surface area contributed by atoms with E-state index in [4.69, 9.17) is 14.2 Å². The number of nitrogens with one attached hydrogen (secondary N) is 1. The highest BCUT2D eigenvalue weighted by Crippen LogP contribution is 2.11. The number of carbonyl (C=O) groups excluding carboxylic acids is 2. The molecule has 6 heteroatoms. The maximum Gasteiger partial charge on any atom is 0.338 e. The van der Waals surface area contributed by atoms with Crippen molar-refractivity contribution < 1.29 is 23.8 Å². The van der Waals surface area contributed by atoms with E-state index in [1.807, 2.05) is 12.1 Å². The van der Waals surface area contributed by atoms with Crippen molar-refractivity contribution in [1.82, 2.24) is 0 Å². The Morgan fingerprint density at radius 3 is 2.03 bits per heavy atom. The van der Waals surface area contributed by atoms with Crippen LogP contribution in [0.15, 0.2) is 24.3 Å². The van der Waals surface area contributed by atoms with Crippen LogP contribution in [0.4, 0.5) is 5.69 Å². The second-order valence-corrected chi connectivity index (χ2v) is 7.70. The van der Waals surface area contributed by atoms with Gasteiger partial charge in [0.25, 0.3) is 0 Å². The van der Waals surface area contributed by atoms with Gasteiger partial charge in [0, 0.05) is 18.7 Å². The quantitative estimate of drug-likeness (QED) is 0.220. The van der Waals surface area contributed by atoms with E-state index in [2.05, 4.69) is 19.2 Å². The van der Waals surface area contributed by atoms with Gasteiger partial charge in [-0.2, -0.15) is 0 Å². The Morgan fingerprint density at radius 2 is 1.35 bits per heavy atom. The summed E-state index contributed by atoms with van der Waals surface area (Å²) in [5.41, 5.74) is 1.51. The van der Waals surface area contributed by atoms with Crippen LogP contribution in [0, 0.1) is 0 Å². The van der Waals surface area contributed by atoms with Gasteiger partial charge in [0.1, 0.15) is 13.2 Å². The van der Waals surface area contributed by atoms with Crippen molar-refractivity contribution >= 4 is 17.6 Å². The molecule has 1 rings (SSSR count). The van der Waals surface area contributed by atoms with Gasteiger partial charge in [-0.3, -0.25) is 4.79 Å². The summed E-state index contributed by atoms with van der Waals surface area (Å²) in [6.45, 7) is 6.26. The molecule has 1 N–H and O–H groups in total. The zero-order valence-electron chi connectivity index (χ0n) is 19.5. The lowest BCUT2D eigenvalue weighted by Crippen LogP contribution is -2.14. The van der Waals surface area contributed by atoms with Crippen LogP contribution in [-0.2, 0) is 19.0 Å². The van der Waals surface area contributed by atoms with Gasteiger partial charge >= 0.3 is 11.9 Å². The first-order valence-electron chi connectivity index (χ1n) is 11.9. The molecule has 1 aromatic carbocycles. The summed E-state index contributed by atoms with van der Waals surface area (Å²) in [6, 6.07) is 7.26. The third kappa shape index (κ3) is 14.5. The zero-order chi connectivity index (χ0) is 22.6. The molecule has 0 saturated carbocycles. The third-order valence-electron chi connectivity index (χ3n) is 4.92. The smallest absolute Gasteiger partial charge is 0.338 e. The number of hydrogen-bond acceptors (Lipinski definition) is 6. The Kier molecular flexibility index (Phi) is 16.2. The van der Waals surface area contributed by atoms with Gasteiger partial charge in [0.15, 0.2) is 0 Å². The molecule has 0 amide bonds. The Bertz CT molecular complexity index is 588. The van der Waals surface area contributed by atoms with Crippen LogP contribution in [-0.4, -0.2) is 44.9 Å². The Hall–Kier alpha value is -2.08. The first kappa shape index (κ1) is 27.0. The van der Waals surface area contributed by atoms with Gasteiger partial charge in [-0.05, 0) is 37.1 Å². The highest BCUT2D eigenvalue weighted by atomic mass is 16.6. The predicted molar refractivity (Wildman–Crippen MR) is 125 cm³/mol. The molecule has 0 heterocycles. The number of carbonyl (C=O) groups is 2. The van der Waals surface area contributed by atoms with Crippen molar-refractivity contribution in [2.75, 3.05) is 38.3 Å². The minimum Gasteiger partial charge on any atom is -0.463 e.